The van der Waals surface area contributed by atoms with Gasteiger partial charge in [0.1, 0.15) is 17.2 Å². The van der Waals surface area contributed by atoms with Gasteiger partial charge in [0.05, 0.1) is 4.92 Å². The van der Waals surface area contributed by atoms with Crippen LogP contribution in [0, 0.1) is 10.1 Å². The van der Waals surface area contributed by atoms with Crippen LogP contribution in [0.15, 0.2) is 48.7 Å². The Morgan fingerprint density at radius 1 is 1.27 bits per heavy atom. The van der Waals surface area contributed by atoms with Crippen molar-refractivity contribution < 1.29 is 9.72 Å². The number of nitro benzene ring substituents is 1. The Balaban J connectivity index is 2.23. The number of hydrogen-bond acceptors (Lipinski definition) is 4. The third-order valence-corrected chi connectivity index (χ3v) is 3.15. The van der Waals surface area contributed by atoms with Gasteiger partial charge in [-0.05, 0) is 12.1 Å². The molecule has 0 aliphatic carbocycles. The minimum atomic E-state index is -0.461. The zero-order valence-corrected chi connectivity index (χ0v) is 11.7. The lowest BCUT2D eigenvalue weighted by Crippen LogP contribution is -2.09. The summed E-state index contributed by atoms with van der Waals surface area (Å²) in [5, 5.41) is 13.7. The molecule has 0 fully saturated rings. The van der Waals surface area contributed by atoms with Crippen LogP contribution in [-0.2, 0) is 4.79 Å². The number of non-ortho nitro benzene ring substituents is 1. The van der Waals surface area contributed by atoms with E-state index in [0.717, 1.165) is 0 Å². The minimum Gasteiger partial charge on any atom is -0.310 e. The summed E-state index contributed by atoms with van der Waals surface area (Å²) in [6.45, 7) is 1.40. The molecule has 1 N–H and O–H groups in total. The predicted molar refractivity (Wildman–Crippen MR) is 81.6 cm³/mol. The second kappa shape index (κ2) is 5.28. The fraction of sp³-hybridized carbons (Fsp3) is 0.0667. The van der Waals surface area contributed by atoms with Gasteiger partial charge in [0.2, 0.25) is 5.91 Å². The number of amides is 1. The molecule has 0 spiro atoms. The Hall–Kier alpha value is -3.22. The highest BCUT2D eigenvalue weighted by atomic mass is 16.6. The molecule has 0 atom stereocenters. The van der Waals surface area contributed by atoms with Gasteiger partial charge < -0.3 is 5.32 Å². The van der Waals surface area contributed by atoms with Gasteiger partial charge in [0.25, 0.3) is 5.69 Å². The highest BCUT2D eigenvalue weighted by Crippen LogP contribution is 2.30. The molecule has 2 aromatic heterocycles. The summed E-state index contributed by atoms with van der Waals surface area (Å²) < 4.78 is 1.73. The van der Waals surface area contributed by atoms with E-state index in [9.17, 15) is 14.9 Å². The number of imidazole rings is 1. The number of pyridine rings is 1. The van der Waals surface area contributed by atoms with Crippen molar-refractivity contribution in [1.82, 2.24) is 9.38 Å². The summed E-state index contributed by atoms with van der Waals surface area (Å²) in [5.41, 5.74) is 1.68. The van der Waals surface area contributed by atoms with E-state index < -0.39 is 4.92 Å². The second-order valence-corrected chi connectivity index (χ2v) is 4.73. The lowest BCUT2D eigenvalue weighted by atomic mass is 10.1. The highest BCUT2D eigenvalue weighted by Gasteiger charge is 2.17. The minimum absolute atomic E-state index is 0.0247. The van der Waals surface area contributed by atoms with Crippen LogP contribution in [0.3, 0.4) is 0 Å². The van der Waals surface area contributed by atoms with E-state index in [4.69, 9.17) is 0 Å². The van der Waals surface area contributed by atoms with Crippen LogP contribution in [0.25, 0.3) is 16.9 Å². The number of nitrogens with zero attached hydrogens (tertiary/aromatic N) is 3. The Labute approximate surface area is 125 Å². The van der Waals surface area contributed by atoms with Crippen LogP contribution in [0.5, 0.6) is 0 Å². The largest absolute Gasteiger partial charge is 0.310 e. The van der Waals surface area contributed by atoms with E-state index in [0.29, 0.717) is 22.7 Å². The molecule has 0 aliphatic rings. The highest BCUT2D eigenvalue weighted by molar-refractivity contribution is 5.93. The van der Waals surface area contributed by atoms with Crippen LogP contribution in [0.1, 0.15) is 6.92 Å². The first-order valence-corrected chi connectivity index (χ1v) is 6.56. The molecule has 0 bridgehead atoms. The molecule has 0 saturated heterocycles. The summed E-state index contributed by atoms with van der Waals surface area (Å²) in [6.07, 6.45) is 1.77. The average Bonchev–Trinajstić information content (AvgIpc) is 2.86. The zero-order chi connectivity index (χ0) is 15.7. The van der Waals surface area contributed by atoms with Crippen molar-refractivity contribution in [3.8, 4) is 11.3 Å². The fourth-order valence-corrected chi connectivity index (χ4v) is 2.25. The Bertz CT molecular complexity index is 885. The van der Waals surface area contributed by atoms with Crippen molar-refractivity contribution in [2.75, 3.05) is 5.32 Å². The molecule has 7 heteroatoms. The van der Waals surface area contributed by atoms with Crippen molar-refractivity contribution in [2.24, 2.45) is 0 Å². The summed E-state index contributed by atoms with van der Waals surface area (Å²) in [4.78, 5) is 26.4. The Morgan fingerprint density at radius 2 is 2.09 bits per heavy atom. The number of aromatic nitrogens is 2. The maximum Gasteiger partial charge on any atom is 0.270 e. The average molecular weight is 296 g/mol. The number of rotatable bonds is 3. The monoisotopic (exact) mass is 296 g/mol. The number of fused-ring (bicyclic) bond motifs is 1. The van der Waals surface area contributed by atoms with Gasteiger partial charge in [-0.25, -0.2) is 4.98 Å². The first-order chi connectivity index (χ1) is 10.6. The molecule has 7 nitrogen and oxygen atoms in total. The Morgan fingerprint density at radius 3 is 2.82 bits per heavy atom. The number of carbonyl (C=O) groups excluding carboxylic acids is 1. The van der Waals surface area contributed by atoms with Crippen LogP contribution in [-0.4, -0.2) is 20.2 Å². The van der Waals surface area contributed by atoms with Gasteiger partial charge in [0.15, 0.2) is 0 Å². The molecule has 1 aromatic carbocycles. The number of carbonyl (C=O) groups is 1. The van der Waals surface area contributed by atoms with Crippen LogP contribution in [0.4, 0.5) is 11.5 Å². The van der Waals surface area contributed by atoms with E-state index in [1.165, 1.54) is 19.1 Å². The topological polar surface area (TPSA) is 89.5 Å². The van der Waals surface area contributed by atoms with Crippen molar-refractivity contribution in [2.45, 2.75) is 6.92 Å². The molecule has 3 aromatic rings. The quantitative estimate of drug-likeness (QED) is 0.594. The van der Waals surface area contributed by atoms with Gasteiger partial charge in [-0.1, -0.05) is 18.2 Å². The molecular formula is C15H12N4O3. The third kappa shape index (κ3) is 2.39. The molecule has 0 aliphatic heterocycles. The van der Waals surface area contributed by atoms with Crippen molar-refractivity contribution in [3.05, 3.63) is 58.8 Å². The number of nitrogens with one attached hydrogen (secondary N) is 1. The van der Waals surface area contributed by atoms with Gasteiger partial charge in [0, 0.05) is 30.8 Å². The molecular weight excluding hydrogens is 284 g/mol. The number of benzene rings is 1. The first kappa shape index (κ1) is 13.7. The molecule has 2 heterocycles. The van der Waals surface area contributed by atoms with E-state index in [1.54, 1.807) is 28.8 Å². The summed E-state index contributed by atoms with van der Waals surface area (Å²) in [6, 6.07) is 11.6. The Kier molecular flexibility index (Phi) is 3.30. The zero-order valence-electron chi connectivity index (χ0n) is 11.7. The molecule has 110 valence electrons. The van der Waals surface area contributed by atoms with Crippen LogP contribution >= 0.6 is 0 Å². The summed E-state index contributed by atoms with van der Waals surface area (Å²) in [7, 11) is 0. The summed E-state index contributed by atoms with van der Waals surface area (Å²) in [5.74, 6) is 0.251. The fourth-order valence-electron chi connectivity index (χ4n) is 2.25. The molecule has 3 rings (SSSR count). The van der Waals surface area contributed by atoms with Crippen molar-refractivity contribution in [1.29, 1.82) is 0 Å². The lowest BCUT2D eigenvalue weighted by molar-refractivity contribution is -0.384. The maximum atomic E-state index is 11.5. The van der Waals surface area contributed by atoms with Crippen LogP contribution < -0.4 is 5.32 Å². The normalized spacial score (nSPS) is 10.6. The van der Waals surface area contributed by atoms with Crippen molar-refractivity contribution >= 4 is 23.1 Å². The first-order valence-electron chi connectivity index (χ1n) is 6.56. The van der Waals surface area contributed by atoms with Crippen LogP contribution in [0.2, 0.25) is 0 Å². The van der Waals surface area contributed by atoms with Crippen molar-refractivity contribution in [3.63, 3.8) is 0 Å². The number of anilines is 1. The van der Waals surface area contributed by atoms with Gasteiger partial charge >= 0.3 is 0 Å². The van der Waals surface area contributed by atoms with E-state index in [1.807, 2.05) is 12.1 Å². The molecule has 0 saturated carbocycles. The standard InChI is InChI=1S/C15H12N4O3/c1-10(20)16-15-14(17-13-7-2-3-8-18(13)15)11-5-4-6-12(9-11)19(21)22/h2-9H,1H3,(H,16,20). The predicted octanol–water partition coefficient (Wildman–Crippen LogP) is 2.87. The maximum absolute atomic E-state index is 11.5. The summed E-state index contributed by atoms with van der Waals surface area (Å²) >= 11 is 0. The van der Waals surface area contributed by atoms with E-state index in [2.05, 4.69) is 10.3 Å². The van der Waals surface area contributed by atoms with E-state index >= 15 is 0 Å². The van der Waals surface area contributed by atoms with Gasteiger partial charge in [-0.2, -0.15) is 0 Å². The SMILES string of the molecule is CC(=O)Nc1c(-c2cccc([N+](=O)[O-])c2)nc2ccccn12. The van der Waals surface area contributed by atoms with Gasteiger partial charge in [-0.3, -0.25) is 19.3 Å². The third-order valence-electron chi connectivity index (χ3n) is 3.15. The van der Waals surface area contributed by atoms with Gasteiger partial charge in [-0.15, -0.1) is 0 Å². The molecule has 1 amide bonds. The molecule has 0 radical (unpaired) electrons. The molecule has 22 heavy (non-hydrogen) atoms. The van der Waals surface area contributed by atoms with E-state index in [-0.39, 0.29) is 11.6 Å². The second-order valence-electron chi connectivity index (χ2n) is 4.73. The molecule has 0 unspecified atom stereocenters. The lowest BCUT2D eigenvalue weighted by Gasteiger charge is -2.05. The number of hydrogen-bond donors (Lipinski definition) is 1. The smallest absolute Gasteiger partial charge is 0.270 e. The number of nitro groups is 1.